The van der Waals surface area contributed by atoms with Crippen molar-refractivity contribution in [3.8, 4) is 0 Å². The number of hydrogen-bond donors (Lipinski definition) is 2. The van der Waals surface area contributed by atoms with Gasteiger partial charge in [0.2, 0.25) is 0 Å². The lowest BCUT2D eigenvalue weighted by Crippen LogP contribution is -2.00. The second kappa shape index (κ2) is 4.31. The first kappa shape index (κ1) is 11.1. The van der Waals surface area contributed by atoms with Crippen LogP contribution in [0.25, 0.3) is 10.9 Å². The largest absolute Gasteiger partial charge is 0.384 e. The number of para-hydroxylation sites is 1. The van der Waals surface area contributed by atoms with Crippen molar-refractivity contribution >= 4 is 10.9 Å². The molecule has 0 amide bonds. The number of aromatic amines is 1. The van der Waals surface area contributed by atoms with Crippen molar-refractivity contribution in [2.45, 2.75) is 13.0 Å². The molecule has 1 aromatic heterocycles. The van der Waals surface area contributed by atoms with Crippen molar-refractivity contribution in [2.24, 2.45) is 0 Å². The first-order valence-corrected chi connectivity index (χ1v) is 6.07. The van der Waals surface area contributed by atoms with E-state index < -0.39 is 6.10 Å². The summed E-state index contributed by atoms with van der Waals surface area (Å²) in [6.07, 6.45) is -0.581. The Labute approximate surface area is 106 Å². The molecule has 0 aliphatic carbocycles. The maximum atomic E-state index is 10.5. The minimum absolute atomic E-state index is 0.581. The smallest absolute Gasteiger partial charge is 0.106 e. The summed E-state index contributed by atoms with van der Waals surface area (Å²) in [4.78, 5) is 3.32. The van der Waals surface area contributed by atoms with Crippen molar-refractivity contribution < 1.29 is 5.11 Å². The molecule has 0 saturated heterocycles. The van der Waals surface area contributed by atoms with Crippen LogP contribution in [0.2, 0.25) is 0 Å². The fraction of sp³-hybridized carbons (Fsp3) is 0.125. The topological polar surface area (TPSA) is 36.0 Å². The molecule has 1 unspecified atom stereocenters. The molecule has 2 aromatic carbocycles. The van der Waals surface area contributed by atoms with Crippen LogP contribution in [-0.2, 0) is 0 Å². The number of benzene rings is 2. The number of H-pyrrole nitrogens is 1. The Kier molecular flexibility index (Phi) is 2.65. The third kappa shape index (κ3) is 1.71. The minimum atomic E-state index is -0.581. The summed E-state index contributed by atoms with van der Waals surface area (Å²) in [6.45, 7) is 2.00. The molecule has 18 heavy (non-hydrogen) atoms. The second-order valence-electron chi connectivity index (χ2n) is 4.52. The van der Waals surface area contributed by atoms with E-state index in [1.165, 1.54) is 0 Å². The molecule has 3 aromatic rings. The van der Waals surface area contributed by atoms with E-state index in [1.807, 2.05) is 61.5 Å². The number of nitrogens with one attached hydrogen (secondary N) is 1. The number of rotatable bonds is 2. The summed E-state index contributed by atoms with van der Waals surface area (Å²) in [7, 11) is 0. The summed E-state index contributed by atoms with van der Waals surface area (Å²) >= 11 is 0. The van der Waals surface area contributed by atoms with Gasteiger partial charge in [0, 0.05) is 22.2 Å². The number of aromatic nitrogens is 1. The average molecular weight is 237 g/mol. The van der Waals surface area contributed by atoms with Gasteiger partial charge in [0.05, 0.1) is 0 Å². The average Bonchev–Trinajstić information content (AvgIpc) is 2.75. The molecular formula is C16H15NO. The summed E-state index contributed by atoms with van der Waals surface area (Å²) < 4.78 is 0. The van der Waals surface area contributed by atoms with Crippen LogP contribution in [0.15, 0.2) is 54.6 Å². The van der Waals surface area contributed by atoms with Crippen LogP contribution in [0.3, 0.4) is 0 Å². The minimum Gasteiger partial charge on any atom is -0.384 e. The highest BCUT2D eigenvalue weighted by atomic mass is 16.3. The Morgan fingerprint density at radius 2 is 1.61 bits per heavy atom. The number of aliphatic hydroxyl groups is 1. The Hall–Kier alpha value is -2.06. The predicted molar refractivity (Wildman–Crippen MR) is 73.5 cm³/mol. The van der Waals surface area contributed by atoms with Gasteiger partial charge in [-0.1, -0.05) is 48.5 Å². The van der Waals surface area contributed by atoms with Gasteiger partial charge in [-0.25, -0.2) is 0 Å². The molecule has 0 aliphatic rings. The first-order valence-electron chi connectivity index (χ1n) is 6.07. The quantitative estimate of drug-likeness (QED) is 0.702. The molecule has 90 valence electrons. The molecule has 0 aliphatic heterocycles. The lowest BCUT2D eigenvalue weighted by Gasteiger charge is -2.11. The van der Waals surface area contributed by atoms with Crippen LogP contribution in [0, 0.1) is 6.92 Å². The number of aryl methyl sites for hydroxylation is 1. The van der Waals surface area contributed by atoms with E-state index >= 15 is 0 Å². The SMILES string of the molecule is Cc1[nH]c2ccccc2c1C(O)c1ccccc1. The van der Waals surface area contributed by atoms with Gasteiger partial charge in [-0.05, 0) is 18.6 Å². The Bertz CT molecular complexity index is 670. The van der Waals surface area contributed by atoms with Crippen LogP contribution < -0.4 is 0 Å². The first-order chi connectivity index (χ1) is 8.77. The summed E-state index contributed by atoms with van der Waals surface area (Å²) in [6, 6.07) is 17.8. The third-order valence-corrected chi connectivity index (χ3v) is 3.33. The number of aliphatic hydroxyl groups excluding tert-OH is 1. The van der Waals surface area contributed by atoms with E-state index in [9.17, 15) is 5.11 Å². The van der Waals surface area contributed by atoms with Crippen LogP contribution in [0.5, 0.6) is 0 Å². The zero-order valence-corrected chi connectivity index (χ0v) is 10.2. The van der Waals surface area contributed by atoms with Gasteiger partial charge in [0.1, 0.15) is 6.10 Å². The van der Waals surface area contributed by atoms with Crippen molar-refractivity contribution in [3.05, 3.63) is 71.4 Å². The van der Waals surface area contributed by atoms with Crippen LogP contribution in [0.1, 0.15) is 22.9 Å². The highest BCUT2D eigenvalue weighted by Crippen LogP contribution is 2.31. The maximum Gasteiger partial charge on any atom is 0.106 e. The zero-order valence-electron chi connectivity index (χ0n) is 10.2. The van der Waals surface area contributed by atoms with Gasteiger partial charge >= 0.3 is 0 Å². The van der Waals surface area contributed by atoms with Crippen LogP contribution in [0.4, 0.5) is 0 Å². The Balaban J connectivity index is 2.17. The number of hydrogen-bond acceptors (Lipinski definition) is 1. The predicted octanol–water partition coefficient (Wildman–Crippen LogP) is 3.56. The Morgan fingerprint density at radius 1 is 0.944 bits per heavy atom. The fourth-order valence-corrected chi connectivity index (χ4v) is 2.45. The molecule has 0 spiro atoms. The van der Waals surface area contributed by atoms with E-state index in [0.29, 0.717) is 0 Å². The van der Waals surface area contributed by atoms with Gasteiger partial charge in [0.15, 0.2) is 0 Å². The molecule has 1 atom stereocenters. The van der Waals surface area contributed by atoms with Crippen molar-refractivity contribution in [3.63, 3.8) is 0 Å². The van der Waals surface area contributed by atoms with Gasteiger partial charge in [-0.3, -0.25) is 0 Å². The molecule has 0 bridgehead atoms. The molecule has 3 rings (SSSR count). The van der Waals surface area contributed by atoms with E-state index in [-0.39, 0.29) is 0 Å². The van der Waals surface area contributed by atoms with Crippen LogP contribution in [-0.4, -0.2) is 10.1 Å². The molecule has 2 heteroatoms. The summed E-state index contributed by atoms with van der Waals surface area (Å²) in [5.74, 6) is 0. The molecule has 2 nitrogen and oxygen atoms in total. The number of fused-ring (bicyclic) bond motifs is 1. The highest BCUT2D eigenvalue weighted by molar-refractivity contribution is 5.85. The van der Waals surface area contributed by atoms with E-state index in [0.717, 1.165) is 27.7 Å². The molecule has 0 fully saturated rings. The normalized spacial score (nSPS) is 12.8. The van der Waals surface area contributed by atoms with Gasteiger partial charge in [-0.15, -0.1) is 0 Å². The maximum absolute atomic E-state index is 10.5. The lowest BCUT2D eigenvalue weighted by atomic mass is 9.99. The zero-order chi connectivity index (χ0) is 12.5. The van der Waals surface area contributed by atoms with Gasteiger partial charge in [0.25, 0.3) is 0 Å². The van der Waals surface area contributed by atoms with E-state index in [2.05, 4.69) is 4.98 Å². The lowest BCUT2D eigenvalue weighted by molar-refractivity contribution is 0.221. The van der Waals surface area contributed by atoms with Crippen molar-refractivity contribution in [1.29, 1.82) is 0 Å². The molecule has 1 heterocycles. The van der Waals surface area contributed by atoms with E-state index in [1.54, 1.807) is 0 Å². The van der Waals surface area contributed by atoms with Gasteiger partial charge in [-0.2, -0.15) is 0 Å². The molecular weight excluding hydrogens is 222 g/mol. The fourth-order valence-electron chi connectivity index (χ4n) is 2.45. The van der Waals surface area contributed by atoms with Gasteiger partial charge < -0.3 is 10.1 Å². The highest BCUT2D eigenvalue weighted by Gasteiger charge is 2.17. The summed E-state index contributed by atoms with van der Waals surface area (Å²) in [5.41, 5.74) is 3.98. The second-order valence-corrected chi connectivity index (χ2v) is 4.52. The van der Waals surface area contributed by atoms with Crippen molar-refractivity contribution in [2.75, 3.05) is 0 Å². The molecule has 0 radical (unpaired) electrons. The molecule has 0 saturated carbocycles. The third-order valence-electron chi connectivity index (χ3n) is 3.33. The van der Waals surface area contributed by atoms with E-state index in [4.69, 9.17) is 0 Å². The van der Waals surface area contributed by atoms with Crippen molar-refractivity contribution in [1.82, 2.24) is 4.98 Å². The monoisotopic (exact) mass is 237 g/mol. The standard InChI is InChI=1S/C16H15NO/c1-11-15(13-9-5-6-10-14(13)17-11)16(18)12-7-3-2-4-8-12/h2-10,16-18H,1H3. The van der Waals surface area contributed by atoms with Crippen LogP contribution >= 0.6 is 0 Å². The Morgan fingerprint density at radius 3 is 2.39 bits per heavy atom. The molecule has 2 N–H and O–H groups in total. The summed E-state index contributed by atoms with van der Waals surface area (Å²) in [5, 5.41) is 11.6.